The molecule has 0 bridgehead atoms. The molecule has 0 unspecified atom stereocenters. The second-order valence-electron chi connectivity index (χ2n) is 5.42. The van der Waals surface area contributed by atoms with Gasteiger partial charge in [0.2, 0.25) is 0 Å². The Balaban J connectivity index is 1.84. The van der Waals surface area contributed by atoms with Crippen LogP contribution in [0.1, 0.15) is 31.7 Å². The van der Waals surface area contributed by atoms with Gasteiger partial charge in [-0.15, -0.1) is 0 Å². The van der Waals surface area contributed by atoms with Gasteiger partial charge in [0.1, 0.15) is 11.6 Å². The Labute approximate surface area is 120 Å². The zero-order valence-corrected chi connectivity index (χ0v) is 12.3. The van der Waals surface area contributed by atoms with Gasteiger partial charge in [0.15, 0.2) is 0 Å². The van der Waals surface area contributed by atoms with E-state index in [4.69, 9.17) is 4.74 Å². The summed E-state index contributed by atoms with van der Waals surface area (Å²) in [5, 5.41) is 6.85. The Kier molecular flexibility index (Phi) is 6.27. The van der Waals surface area contributed by atoms with Crippen molar-refractivity contribution in [1.29, 1.82) is 0 Å². The Morgan fingerprint density at radius 2 is 2.15 bits per heavy atom. The van der Waals surface area contributed by atoms with E-state index in [1.165, 1.54) is 25.0 Å². The highest BCUT2D eigenvalue weighted by molar-refractivity contribution is 5.34. The van der Waals surface area contributed by atoms with Gasteiger partial charge in [-0.1, -0.05) is 13.0 Å². The first-order valence-corrected chi connectivity index (χ1v) is 7.62. The first-order valence-electron chi connectivity index (χ1n) is 7.62. The molecule has 1 aromatic rings. The Bertz CT molecular complexity index is 405. The third-order valence-electron chi connectivity index (χ3n) is 3.70. The van der Waals surface area contributed by atoms with Crippen LogP contribution in [0, 0.1) is 11.7 Å². The summed E-state index contributed by atoms with van der Waals surface area (Å²) in [6.07, 6.45) is 3.39. The van der Waals surface area contributed by atoms with E-state index < -0.39 is 0 Å². The quantitative estimate of drug-likeness (QED) is 0.805. The van der Waals surface area contributed by atoms with Crippen LogP contribution in [0.3, 0.4) is 0 Å². The van der Waals surface area contributed by atoms with E-state index in [0.29, 0.717) is 12.4 Å². The lowest BCUT2D eigenvalue weighted by atomic mass is 9.98. The number of benzene rings is 1. The molecule has 1 aromatic carbocycles. The van der Waals surface area contributed by atoms with Gasteiger partial charge in [0.05, 0.1) is 6.61 Å². The molecule has 0 amide bonds. The number of hydrogen-bond donors (Lipinski definition) is 2. The van der Waals surface area contributed by atoms with Crippen molar-refractivity contribution < 1.29 is 9.13 Å². The third kappa shape index (κ3) is 4.76. The number of nitrogens with one attached hydrogen (secondary N) is 2. The second-order valence-corrected chi connectivity index (χ2v) is 5.42. The summed E-state index contributed by atoms with van der Waals surface area (Å²) < 4.78 is 18.9. The zero-order chi connectivity index (χ0) is 14.2. The molecule has 1 aliphatic heterocycles. The highest BCUT2D eigenvalue weighted by atomic mass is 19.1. The summed E-state index contributed by atoms with van der Waals surface area (Å²) >= 11 is 0. The predicted molar refractivity (Wildman–Crippen MR) is 79.5 cm³/mol. The number of rotatable bonds is 7. The van der Waals surface area contributed by atoms with E-state index in [1.54, 1.807) is 0 Å². The molecular weight excluding hydrogens is 255 g/mol. The SMILES string of the molecule is CCCOc1cc(F)ccc1CNCC1CCNCC1. The molecule has 0 aliphatic carbocycles. The Morgan fingerprint density at radius 3 is 2.90 bits per heavy atom. The van der Waals surface area contributed by atoms with Gasteiger partial charge in [0.25, 0.3) is 0 Å². The lowest BCUT2D eigenvalue weighted by molar-refractivity contribution is 0.310. The molecule has 20 heavy (non-hydrogen) atoms. The fourth-order valence-electron chi connectivity index (χ4n) is 2.52. The molecule has 3 nitrogen and oxygen atoms in total. The molecule has 1 fully saturated rings. The van der Waals surface area contributed by atoms with E-state index in [9.17, 15) is 4.39 Å². The van der Waals surface area contributed by atoms with E-state index in [0.717, 1.165) is 44.1 Å². The summed E-state index contributed by atoms with van der Waals surface area (Å²) in [5.41, 5.74) is 1.04. The number of ether oxygens (including phenoxy) is 1. The van der Waals surface area contributed by atoms with Crippen molar-refractivity contribution in [3.63, 3.8) is 0 Å². The molecule has 112 valence electrons. The normalized spacial score (nSPS) is 16.3. The lowest BCUT2D eigenvalue weighted by Gasteiger charge is -2.23. The first kappa shape index (κ1) is 15.3. The van der Waals surface area contributed by atoms with E-state index in [2.05, 4.69) is 10.6 Å². The molecule has 4 heteroatoms. The summed E-state index contributed by atoms with van der Waals surface area (Å²) in [5.74, 6) is 1.18. The van der Waals surface area contributed by atoms with Crippen LogP contribution in [0.2, 0.25) is 0 Å². The summed E-state index contributed by atoms with van der Waals surface area (Å²) in [4.78, 5) is 0. The molecule has 0 spiro atoms. The smallest absolute Gasteiger partial charge is 0.126 e. The standard InChI is InChI=1S/C16H25FN2O/c1-2-9-20-16-10-15(17)4-3-14(16)12-19-11-13-5-7-18-8-6-13/h3-4,10,13,18-19H,2,5-9,11-12H2,1H3. The number of piperidine rings is 1. The maximum Gasteiger partial charge on any atom is 0.126 e. The molecule has 0 saturated carbocycles. The second kappa shape index (κ2) is 8.22. The maximum absolute atomic E-state index is 13.3. The monoisotopic (exact) mass is 280 g/mol. The van der Waals surface area contributed by atoms with Crippen LogP contribution in [0.25, 0.3) is 0 Å². The third-order valence-corrected chi connectivity index (χ3v) is 3.70. The van der Waals surface area contributed by atoms with Gasteiger partial charge in [-0.25, -0.2) is 4.39 Å². The van der Waals surface area contributed by atoms with Crippen molar-refractivity contribution in [3.8, 4) is 5.75 Å². The molecular formula is C16H25FN2O. The molecule has 1 saturated heterocycles. The van der Waals surface area contributed by atoms with Gasteiger partial charge in [0, 0.05) is 18.2 Å². The van der Waals surface area contributed by atoms with Crippen molar-refractivity contribution in [2.75, 3.05) is 26.2 Å². The molecule has 0 atom stereocenters. The largest absolute Gasteiger partial charge is 0.493 e. The average Bonchev–Trinajstić information content (AvgIpc) is 2.48. The summed E-state index contributed by atoms with van der Waals surface area (Å²) in [6.45, 7) is 6.68. The van der Waals surface area contributed by atoms with Gasteiger partial charge < -0.3 is 15.4 Å². The van der Waals surface area contributed by atoms with E-state index in [-0.39, 0.29) is 5.82 Å². The molecule has 1 heterocycles. The van der Waals surface area contributed by atoms with Gasteiger partial charge in [-0.05, 0) is 50.9 Å². The van der Waals surface area contributed by atoms with Crippen LogP contribution in [-0.4, -0.2) is 26.2 Å². The predicted octanol–water partition coefficient (Wildman–Crippen LogP) is 2.70. The minimum atomic E-state index is -0.238. The van der Waals surface area contributed by atoms with Gasteiger partial charge >= 0.3 is 0 Å². The Hall–Kier alpha value is -1.13. The van der Waals surface area contributed by atoms with Crippen molar-refractivity contribution in [2.24, 2.45) is 5.92 Å². The first-order chi connectivity index (χ1) is 9.79. The van der Waals surface area contributed by atoms with Gasteiger partial charge in [-0.2, -0.15) is 0 Å². The number of halogens is 1. The van der Waals surface area contributed by atoms with Crippen LogP contribution < -0.4 is 15.4 Å². The van der Waals surface area contributed by atoms with Crippen LogP contribution >= 0.6 is 0 Å². The van der Waals surface area contributed by atoms with Crippen LogP contribution in [0.4, 0.5) is 4.39 Å². The summed E-state index contributed by atoms with van der Waals surface area (Å²) in [6, 6.07) is 4.80. The van der Waals surface area contributed by atoms with Crippen molar-refractivity contribution >= 4 is 0 Å². The highest BCUT2D eigenvalue weighted by Crippen LogP contribution is 2.20. The minimum absolute atomic E-state index is 0.238. The van der Waals surface area contributed by atoms with Gasteiger partial charge in [-0.3, -0.25) is 0 Å². The highest BCUT2D eigenvalue weighted by Gasteiger charge is 2.12. The minimum Gasteiger partial charge on any atom is -0.493 e. The number of hydrogen-bond acceptors (Lipinski definition) is 3. The zero-order valence-electron chi connectivity index (χ0n) is 12.3. The Morgan fingerprint density at radius 1 is 1.35 bits per heavy atom. The lowest BCUT2D eigenvalue weighted by Crippen LogP contribution is -2.33. The van der Waals surface area contributed by atoms with E-state index in [1.807, 2.05) is 13.0 Å². The van der Waals surface area contributed by atoms with Crippen LogP contribution in [0.5, 0.6) is 5.75 Å². The van der Waals surface area contributed by atoms with Crippen molar-refractivity contribution in [1.82, 2.24) is 10.6 Å². The average molecular weight is 280 g/mol. The maximum atomic E-state index is 13.3. The molecule has 2 rings (SSSR count). The molecule has 1 aliphatic rings. The fraction of sp³-hybridized carbons (Fsp3) is 0.625. The summed E-state index contributed by atoms with van der Waals surface area (Å²) in [7, 11) is 0. The fourth-order valence-corrected chi connectivity index (χ4v) is 2.52. The molecule has 0 radical (unpaired) electrons. The molecule has 0 aromatic heterocycles. The topological polar surface area (TPSA) is 33.3 Å². The van der Waals surface area contributed by atoms with E-state index >= 15 is 0 Å². The molecule has 2 N–H and O–H groups in total. The van der Waals surface area contributed by atoms with Crippen LogP contribution in [-0.2, 0) is 6.54 Å². The van der Waals surface area contributed by atoms with Crippen molar-refractivity contribution in [3.05, 3.63) is 29.6 Å². The van der Waals surface area contributed by atoms with Crippen molar-refractivity contribution in [2.45, 2.75) is 32.7 Å². The van der Waals surface area contributed by atoms with Crippen LogP contribution in [0.15, 0.2) is 18.2 Å².